The predicted octanol–water partition coefficient (Wildman–Crippen LogP) is 3.73. The number of carbonyl (C=O) groups excluding carboxylic acids is 2. The SMILES string of the molecule is CC1=NN(C(=O)C(C)c2ccc(-c3ccccc3)c(F)c2)C(=O)C1. The van der Waals surface area contributed by atoms with Crippen LogP contribution in [0.3, 0.4) is 0 Å². The average molecular weight is 324 g/mol. The third-order valence-corrected chi connectivity index (χ3v) is 4.07. The number of nitrogens with zero attached hydrogens (tertiary/aromatic N) is 2. The highest BCUT2D eigenvalue weighted by molar-refractivity contribution is 6.11. The molecule has 1 aliphatic heterocycles. The van der Waals surface area contributed by atoms with Crippen LogP contribution < -0.4 is 0 Å². The largest absolute Gasteiger partial charge is 0.272 e. The molecule has 0 radical (unpaired) electrons. The fraction of sp³-hybridized carbons (Fsp3) is 0.211. The van der Waals surface area contributed by atoms with Crippen molar-refractivity contribution in [1.82, 2.24) is 5.01 Å². The highest BCUT2D eigenvalue weighted by Crippen LogP contribution is 2.27. The van der Waals surface area contributed by atoms with Gasteiger partial charge >= 0.3 is 0 Å². The lowest BCUT2D eigenvalue weighted by Gasteiger charge is -2.17. The van der Waals surface area contributed by atoms with Crippen molar-refractivity contribution in [2.45, 2.75) is 26.2 Å². The van der Waals surface area contributed by atoms with Crippen LogP contribution in [-0.2, 0) is 9.59 Å². The zero-order chi connectivity index (χ0) is 17.3. The number of carbonyl (C=O) groups is 2. The lowest BCUT2D eigenvalue weighted by Crippen LogP contribution is -2.32. The molecule has 0 saturated heterocycles. The molecule has 1 heterocycles. The van der Waals surface area contributed by atoms with Gasteiger partial charge in [-0.3, -0.25) is 9.59 Å². The van der Waals surface area contributed by atoms with E-state index in [1.54, 1.807) is 26.0 Å². The summed E-state index contributed by atoms with van der Waals surface area (Å²) in [5, 5.41) is 4.85. The van der Waals surface area contributed by atoms with Crippen LogP contribution in [-0.4, -0.2) is 22.5 Å². The minimum Gasteiger partial charge on any atom is -0.272 e. The second kappa shape index (κ2) is 6.35. The van der Waals surface area contributed by atoms with Crippen LogP contribution >= 0.6 is 0 Å². The van der Waals surface area contributed by atoms with Gasteiger partial charge in [0.25, 0.3) is 11.8 Å². The molecule has 1 atom stereocenters. The van der Waals surface area contributed by atoms with Gasteiger partial charge in [-0.15, -0.1) is 0 Å². The van der Waals surface area contributed by atoms with Gasteiger partial charge in [0.05, 0.1) is 12.3 Å². The summed E-state index contributed by atoms with van der Waals surface area (Å²) in [4.78, 5) is 24.2. The minimum absolute atomic E-state index is 0.153. The fourth-order valence-electron chi connectivity index (χ4n) is 2.71. The monoisotopic (exact) mass is 324 g/mol. The number of hydrogen-bond donors (Lipinski definition) is 0. The van der Waals surface area contributed by atoms with Crippen LogP contribution in [0.2, 0.25) is 0 Å². The number of benzene rings is 2. The smallest absolute Gasteiger partial charge is 0.257 e. The van der Waals surface area contributed by atoms with Gasteiger partial charge in [0.1, 0.15) is 5.82 Å². The van der Waals surface area contributed by atoms with Crippen molar-refractivity contribution in [2.24, 2.45) is 5.10 Å². The summed E-state index contributed by atoms with van der Waals surface area (Å²) in [5.41, 5.74) is 2.37. The van der Waals surface area contributed by atoms with E-state index in [0.29, 0.717) is 16.8 Å². The van der Waals surface area contributed by atoms with E-state index >= 15 is 0 Å². The van der Waals surface area contributed by atoms with Gasteiger partial charge < -0.3 is 0 Å². The van der Waals surface area contributed by atoms with Gasteiger partial charge in [0, 0.05) is 11.3 Å². The van der Waals surface area contributed by atoms with E-state index in [0.717, 1.165) is 10.6 Å². The first-order chi connectivity index (χ1) is 11.5. The molecule has 122 valence electrons. The lowest BCUT2D eigenvalue weighted by atomic mass is 9.96. The van der Waals surface area contributed by atoms with Crippen molar-refractivity contribution in [3.8, 4) is 11.1 Å². The molecule has 2 amide bonds. The van der Waals surface area contributed by atoms with E-state index in [9.17, 15) is 14.0 Å². The Balaban J connectivity index is 1.86. The Hall–Kier alpha value is -2.82. The maximum atomic E-state index is 14.5. The molecule has 2 aromatic carbocycles. The van der Waals surface area contributed by atoms with E-state index < -0.39 is 17.6 Å². The Kier molecular flexibility index (Phi) is 4.25. The third kappa shape index (κ3) is 2.97. The molecule has 0 aliphatic carbocycles. The van der Waals surface area contributed by atoms with Gasteiger partial charge in [-0.1, -0.05) is 42.5 Å². The van der Waals surface area contributed by atoms with Crippen molar-refractivity contribution in [3.63, 3.8) is 0 Å². The van der Waals surface area contributed by atoms with E-state index in [2.05, 4.69) is 5.10 Å². The number of halogens is 1. The minimum atomic E-state index is -0.650. The Labute approximate surface area is 139 Å². The highest BCUT2D eigenvalue weighted by atomic mass is 19.1. The number of imide groups is 1. The molecule has 4 nitrogen and oxygen atoms in total. The summed E-state index contributed by atoms with van der Waals surface area (Å²) in [6, 6.07) is 13.9. The Bertz CT molecular complexity index is 831. The molecular weight excluding hydrogens is 307 g/mol. The molecule has 0 fully saturated rings. The van der Waals surface area contributed by atoms with Crippen molar-refractivity contribution < 1.29 is 14.0 Å². The maximum Gasteiger partial charge on any atom is 0.257 e. The number of hydrazone groups is 1. The quantitative estimate of drug-likeness (QED) is 0.864. The number of rotatable bonds is 3. The number of amides is 2. The van der Waals surface area contributed by atoms with Gasteiger partial charge in [-0.2, -0.15) is 10.1 Å². The molecular formula is C19H17FN2O2. The third-order valence-electron chi connectivity index (χ3n) is 4.07. The summed E-state index contributed by atoms with van der Waals surface area (Å²) in [7, 11) is 0. The van der Waals surface area contributed by atoms with Crippen LogP contribution in [0, 0.1) is 5.82 Å². The lowest BCUT2D eigenvalue weighted by molar-refractivity contribution is -0.143. The molecule has 2 aromatic rings. The molecule has 1 aliphatic rings. The van der Waals surface area contributed by atoms with Crippen LogP contribution in [0.5, 0.6) is 0 Å². The van der Waals surface area contributed by atoms with E-state index in [4.69, 9.17) is 0 Å². The van der Waals surface area contributed by atoms with Crippen molar-refractivity contribution in [2.75, 3.05) is 0 Å². The molecule has 1 unspecified atom stereocenters. The predicted molar refractivity (Wildman–Crippen MR) is 89.8 cm³/mol. The topological polar surface area (TPSA) is 49.7 Å². The van der Waals surface area contributed by atoms with Gasteiger partial charge in [0.2, 0.25) is 0 Å². The Morgan fingerprint density at radius 3 is 2.50 bits per heavy atom. The zero-order valence-corrected chi connectivity index (χ0v) is 13.5. The standard InChI is InChI=1S/C19H17FN2O2/c1-12-10-18(23)22(21-12)19(24)13(2)15-8-9-16(17(20)11-15)14-6-4-3-5-7-14/h3-9,11,13H,10H2,1-2H3. The average Bonchev–Trinajstić information content (AvgIpc) is 2.92. The van der Waals surface area contributed by atoms with Gasteiger partial charge in [-0.05, 0) is 31.0 Å². The molecule has 0 saturated carbocycles. The first-order valence-corrected chi connectivity index (χ1v) is 7.73. The van der Waals surface area contributed by atoms with Crippen molar-refractivity contribution in [1.29, 1.82) is 0 Å². The fourth-order valence-corrected chi connectivity index (χ4v) is 2.71. The zero-order valence-electron chi connectivity index (χ0n) is 13.5. The second-order valence-electron chi connectivity index (χ2n) is 5.88. The molecule has 0 bridgehead atoms. The van der Waals surface area contributed by atoms with Crippen LogP contribution in [0.1, 0.15) is 31.7 Å². The first-order valence-electron chi connectivity index (χ1n) is 7.73. The van der Waals surface area contributed by atoms with Gasteiger partial charge in [-0.25, -0.2) is 4.39 Å². The summed E-state index contributed by atoms with van der Waals surface area (Å²) in [5.74, 6) is -1.83. The Morgan fingerprint density at radius 2 is 1.92 bits per heavy atom. The molecule has 0 N–H and O–H groups in total. The van der Waals surface area contributed by atoms with E-state index in [1.165, 1.54) is 6.07 Å². The molecule has 24 heavy (non-hydrogen) atoms. The van der Waals surface area contributed by atoms with Crippen LogP contribution in [0.25, 0.3) is 11.1 Å². The van der Waals surface area contributed by atoms with E-state index in [1.807, 2.05) is 30.3 Å². The van der Waals surface area contributed by atoms with E-state index in [-0.39, 0.29) is 12.3 Å². The summed E-state index contributed by atoms with van der Waals surface area (Å²) < 4.78 is 14.5. The van der Waals surface area contributed by atoms with Crippen LogP contribution in [0.4, 0.5) is 4.39 Å². The van der Waals surface area contributed by atoms with Gasteiger partial charge in [0.15, 0.2) is 0 Å². The summed E-state index contributed by atoms with van der Waals surface area (Å²) in [6.07, 6.45) is 0.153. The van der Waals surface area contributed by atoms with Crippen molar-refractivity contribution in [3.05, 3.63) is 59.9 Å². The second-order valence-corrected chi connectivity index (χ2v) is 5.88. The summed E-state index contributed by atoms with van der Waals surface area (Å²) >= 11 is 0. The van der Waals surface area contributed by atoms with Crippen LogP contribution in [0.15, 0.2) is 53.6 Å². The maximum absolute atomic E-state index is 14.5. The molecule has 3 rings (SSSR count). The highest BCUT2D eigenvalue weighted by Gasteiger charge is 2.31. The van der Waals surface area contributed by atoms with Crippen molar-refractivity contribution >= 4 is 17.5 Å². The molecule has 0 aromatic heterocycles. The number of hydrogen-bond acceptors (Lipinski definition) is 3. The molecule has 5 heteroatoms. The summed E-state index contributed by atoms with van der Waals surface area (Å²) in [6.45, 7) is 3.35. The Morgan fingerprint density at radius 1 is 1.21 bits per heavy atom. The first kappa shape index (κ1) is 16.1. The normalized spacial score (nSPS) is 15.4. The molecule has 0 spiro atoms.